The Labute approximate surface area is 124 Å². The highest BCUT2D eigenvalue weighted by molar-refractivity contribution is 8.13. The zero-order valence-electron chi connectivity index (χ0n) is 10.4. The van der Waals surface area contributed by atoms with Gasteiger partial charge in [-0.2, -0.15) is 26.3 Å². The Hall–Kier alpha value is -1.23. The van der Waals surface area contributed by atoms with Gasteiger partial charge in [-0.25, -0.2) is 12.8 Å². The minimum Gasteiger partial charge on any atom is -0.495 e. The maximum atomic E-state index is 13.8. The zero-order chi connectivity index (χ0) is 17.6. The fourth-order valence-electron chi connectivity index (χ4n) is 1.57. The molecule has 0 N–H and O–H groups in total. The van der Waals surface area contributed by atoms with Gasteiger partial charge in [-0.15, -0.1) is 0 Å². The molecule has 12 heteroatoms. The highest BCUT2D eigenvalue weighted by Gasteiger charge is 2.73. The molecule has 0 unspecified atom stereocenters. The van der Waals surface area contributed by atoms with Crippen molar-refractivity contribution in [2.75, 3.05) is 7.11 Å². The highest BCUT2D eigenvalue weighted by Crippen LogP contribution is 2.53. The predicted molar refractivity (Wildman–Crippen MR) is 60.9 cm³/mol. The minimum atomic E-state index is -6.32. The van der Waals surface area contributed by atoms with Gasteiger partial charge in [0.25, 0.3) is 9.05 Å². The smallest absolute Gasteiger partial charge is 0.435 e. The molecule has 1 rings (SSSR count). The van der Waals surface area contributed by atoms with Crippen LogP contribution >= 0.6 is 10.7 Å². The lowest BCUT2D eigenvalue weighted by molar-refractivity contribution is -0.348. The highest BCUT2D eigenvalue weighted by atomic mass is 35.7. The van der Waals surface area contributed by atoms with E-state index in [0.29, 0.717) is 6.07 Å². The van der Waals surface area contributed by atoms with Crippen LogP contribution in [0.15, 0.2) is 23.1 Å². The number of hydrogen-bond acceptors (Lipinski definition) is 3. The number of alkyl halides is 7. The summed E-state index contributed by atoms with van der Waals surface area (Å²) in [7, 11) is 1.20. The molecule has 0 fully saturated rings. The molecule has 1 aromatic carbocycles. The minimum absolute atomic E-state index is 0.0176. The number of hydrogen-bond donors (Lipinski definition) is 0. The zero-order valence-corrected chi connectivity index (χ0v) is 12.0. The molecular weight excluding hydrogens is 369 g/mol. The Balaban J connectivity index is 3.68. The van der Waals surface area contributed by atoms with Crippen molar-refractivity contribution in [2.24, 2.45) is 0 Å². The molecule has 1 aromatic rings. The van der Waals surface area contributed by atoms with E-state index >= 15 is 0 Å². The molecule has 0 saturated carbocycles. The second-order valence-corrected chi connectivity index (χ2v) is 6.49. The first-order valence-electron chi connectivity index (χ1n) is 5.12. The Bertz CT molecular complexity index is 652. The quantitative estimate of drug-likeness (QED) is 0.595. The first-order chi connectivity index (χ1) is 9.66. The topological polar surface area (TPSA) is 43.4 Å². The van der Waals surface area contributed by atoms with Gasteiger partial charge in [0.15, 0.2) is 0 Å². The number of methoxy groups -OCH3 is 1. The lowest BCUT2D eigenvalue weighted by atomic mass is 9.94. The summed E-state index contributed by atoms with van der Waals surface area (Å²) in [6, 6.07) is 0.303. The largest absolute Gasteiger partial charge is 0.495 e. The van der Waals surface area contributed by atoms with Gasteiger partial charge in [0.2, 0.25) is 0 Å². The molecule has 0 aliphatic carbocycles. The van der Waals surface area contributed by atoms with Gasteiger partial charge < -0.3 is 4.74 Å². The van der Waals surface area contributed by atoms with Crippen molar-refractivity contribution in [2.45, 2.75) is 22.9 Å². The summed E-state index contributed by atoms with van der Waals surface area (Å²) in [6.07, 6.45) is -12.6. The summed E-state index contributed by atoms with van der Waals surface area (Å²) in [5.74, 6) is -0.956. The number of halogens is 8. The van der Waals surface area contributed by atoms with E-state index in [1.54, 1.807) is 0 Å². The maximum absolute atomic E-state index is 13.8. The molecule has 0 saturated heterocycles. The van der Waals surface area contributed by atoms with Crippen LogP contribution in [-0.2, 0) is 14.7 Å². The maximum Gasteiger partial charge on any atom is 0.435 e. The van der Waals surface area contributed by atoms with E-state index in [9.17, 15) is 39.2 Å². The fraction of sp³-hybridized carbons (Fsp3) is 0.400. The Morgan fingerprint density at radius 2 is 1.45 bits per heavy atom. The molecule has 126 valence electrons. The van der Waals surface area contributed by atoms with Crippen molar-refractivity contribution in [1.29, 1.82) is 0 Å². The van der Waals surface area contributed by atoms with Crippen molar-refractivity contribution in [1.82, 2.24) is 0 Å². The van der Waals surface area contributed by atoms with E-state index in [2.05, 4.69) is 4.74 Å². The van der Waals surface area contributed by atoms with Gasteiger partial charge in [-0.05, 0) is 12.1 Å². The van der Waals surface area contributed by atoms with Crippen LogP contribution in [0.2, 0.25) is 0 Å². The Morgan fingerprint density at radius 1 is 1.00 bits per heavy atom. The number of ether oxygens (including phenoxy) is 1. The average molecular weight is 375 g/mol. The van der Waals surface area contributed by atoms with Crippen molar-refractivity contribution < 1.29 is 43.9 Å². The fourth-order valence-corrected chi connectivity index (χ4v) is 2.57. The van der Waals surface area contributed by atoms with Crippen LogP contribution in [0.3, 0.4) is 0 Å². The third-order valence-electron chi connectivity index (χ3n) is 2.61. The molecule has 0 heterocycles. The van der Waals surface area contributed by atoms with Gasteiger partial charge in [0.1, 0.15) is 10.6 Å². The molecule has 0 aromatic heterocycles. The molecule has 22 heavy (non-hydrogen) atoms. The summed E-state index contributed by atoms with van der Waals surface area (Å²) in [6.45, 7) is 0. The first-order valence-corrected chi connectivity index (χ1v) is 7.42. The van der Waals surface area contributed by atoms with Gasteiger partial charge >= 0.3 is 18.0 Å². The van der Waals surface area contributed by atoms with E-state index in [1.165, 1.54) is 0 Å². The van der Waals surface area contributed by atoms with E-state index in [4.69, 9.17) is 10.7 Å². The van der Waals surface area contributed by atoms with E-state index < -0.39 is 43.3 Å². The van der Waals surface area contributed by atoms with Crippen LogP contribution in [0, 0.1) is 0 Å². The number of rotatable bonds is 3. The molecule has 0 aliphatic heterocycles. The van der Waals surface area contributed by atoms with Crippen LogP contribution in [0.25, 0.3) is 0 Å². The van der Waals surface area contributed by atoms with Gasteiger partial charge in [-0.1, -0.05) is 6.07 Å². The molecule has 0 radical (unpaired) electrons. The normalized spacial score (nSPS) is 14.0. The SMILES string of the molecule is COc1cc(C(F)(C(F)(F)F)C(F)(F)F)ccc1S(=O)(=O)Cl. The van der Waals surface area contributed by atoms with Crippen LogP contribution in [-0.4, -0.2) is 27.9 Å². The van der Waals surface area contributed by atoms with Crippen molar-refractivity contribution >= 4 is 19.7 Å². The third kappa shape index (κ3) is 3.09. The van der Waals surface area contributed by atoms with Crippen molar-refractivity contribution in [3.8, 4) is 5.75 Å². The van der Waals surface area contributed by atoms with Crippen molar-refractivity contribution in [3.05, 3.63) is 23.8 Å². The molecule has 0 aliphatic rings. The lowest BCUT2D eigenvalue weighted by Crippen LogP contribution is -2.50. The first kappa shape index (κ1) is 18.8. The molecule has 0 spiro atoms. The number of benzene rings is 1. The second kappa shape index (κ2) is 5.44. The molecular formula is C10H6ClF7O3S. The van der Waals surface area contributed by atoms with E-state index in [-0.39, 0.29) is 12.1 Å². The van der Waals surface area contributed by atoms with Crippen LogP contribution in [0.4, 0.5) is 30.7 Å². The van der Waals surface area contributed by atoms with Gasteiger partial charge in [0, 0.05) is 16.2 Å². The van der Waals surface area contributed by atoms with E-state index in [1.807, 2.05) is 0 Å². The lowest BCUT2D eigenvalue weighted by Gasteiger charge is -2.30. The van der Waals surface area contributed by atoms with Crippen LogP contribution in [0.1, 0.15) is 5.56 Å². The molecule has 0 bridgehead atoms. The summed E-state index contributed by atoms with van der Waals surface area (Å²) in [5.41, 5.74) is -7.57. The van der Waals surface area contributed by atoms with Gasteiger partial charge in [-0.3, -0.25) is 0 Å². The van der Waals surface area contributed by atoms with Crippen LogP contribution < -0.4 is 4.74 Å². The summed E-state index contributed by atoms with van der Waals surface area (Å²) in [5, 5.41) is 0. The standard InChI is InChI=1S/C10H6ClF7O3S/c1-21-6-4-5(2-3-7(6)22(11,19)20)8(12,9(13,14)15)10(16,17)18/h2-4H,1H3. The Kier molecular flexibility index (Phi) is 4.66. The molecule has 0 amide bonds. The molecule has 0 atom stereocenters. The Morgan fingerprint density at radius 3 is 1.77 bits per heavy atom. The molecule has 3 nitrogen and oxygen atoms in total. The van der Waals surface area contributed by atoms with Gasteiger partial charge in [0.05, 0.1) is 7.11 Å². The van der Waals surface area contributed by atoms with Crippen LogP contribution in [0.5, 0.6) is 5.75 Å². The van der Waals surface area contributed by atoms with E-state index in [0.717, 1.165) is 7.11 Å². The summed E-state index contributed by atoms with van der Waals surface area (Å²) < 4.78 is 116. The second-order valence-electron chi connectivity index (χ2n) is 3.96. The van der Waals surface area contributed by atoms with Crippen molar-refractivity contribution in [3.63, 3.8) is 0 Å². The average Bonchev–Trinajstić information content (AvgIpc) is 2.33. The third-order valence-corrected chi connectivity index (χ3v) is 3.97. The summed E-state index contributed by atoms with van der Waals surface area (Å²) in [4.78, 5) is -0.896. The predicted octanol–water partition coefficient (Wildman–Crippen LogP) is 3.91. The summed E-state index contributed by atoms with van der Waals surface area (Å²) >= 11 is 0. The monoisotopic (exact) mass is 374 g/mol.